The number of hydrogen-bond donors (Lipinski definition) is 0. The zero-order valence-corrected chi connectivity index (χ0v) is 28.8. The van der Waals surface area contributed by atoms with Gasteiger partial charge in [0.1, 0.15) is 34.2 Å². The molecule has 1 spiro atoms. The van der Waals surface area contributed by atoms with Crippen molar-refractivity contribution in [3.63, 3.8) is 0 Å². The predicted molar refractivity (Wildman–Crippen MR) is 182 cm³/mol. The van der Waals surface area contributed by atoms with Gasteiger partial charge < -0.3 is 24.2 Å². The lowest BCUT2D eigenvalue weighted by Crippen LogP contribution is -2.51. The van der Waals surface area contributed by atoms with Gasteiger partial charge in [0.2, 0.25) is 0 Å². The van der Waals surface area contributed by atoms with Gasteiger partial charge in [-0.25, -0.2) is 22.9 Å². The molecule has 0 aliphatic carbocycles. The van der Waals surface area contributed by atoms with Crippen molar-refractivity contribution >= 4 is 29.5 Å². The van der Waals surface area contributed by atoms with Gasteiger partial charge in [-0.05, 0) is 82.2 Å². The lowest BCUT2D eigenvalue weighted by atomic mass is 9.72. The zero-order chi connectivity index (χ0) is 36.6. The van der Waals surface area contributed by atoms with E-state index in [4.69, 9.17) is 9.47 Å². The number of piperidine rings is 2. The Morgan fingerprint density at radius 2 is 1.61 bits per heavy atom. The summed E-state index contributed by atoms with van der Waals surface area (Å²) in [5.74, 6) is -4.08. The normalized spacial score (nSPS) is 19.4. The summed E-state index contributed by atoms with van der Waals surface area (Å²) in [6.07, 6.45) is 0.0809. The molecule has 274 valence electrons. The van der Waals surface area contributed by atoms with Crippen LogP contribution in [0.3, 0.4) is 0 Å². The molecule has 3 aliphatic heterocycles. The lowest BCUT2D eigenvalue weighted by Gasteiger charge is -2.49. The Kier molecular flexibility index (Phi) is 9.90. The number of amides is 1. The fourth-order valence-corrected chi connectivity index (χ4v) is 7.08. The second kappa shape index (κ2) is 13.9. The number of ether oxygens (including phenoxy) is 2. The van der Waals surface area contributed by atoms with Gasteiger partial charge in [0, 0.05) is 44.7 Å². The number of anilines is 2. The van der Waals surface area contributed by atoms with Crippen LogP contribution in [0.1, 0.15) is 69.7 Å². The minimum atomic E-state index is -4.90. The molecule has 0 unspecified atom stereocenters. The van der Waals surface area contributed by atoms with Crippen LogP contribution in [0, 0.1) is 5.41 Å². The molecule has 4 heterocycles. The van der Waals surface area contributed by atoms with Crippen molar-refractivity contribution < 1.29 is 40.6 Å². The van der Waals surface area contributed by atoms with Gasteiger partial charge >= 0.3 is 12.3 Å². The number of likely N-dealkylation sites (tertiary alicyclic amines) is 1. The van der Waals surface area contributed by atoms with Crippen LogP contribution in [-0.4, -0.2) is 71.8 Å². The van der Waals surface area contributed by atoms with Crippen molar-refractivity contribution in [1.29, 1.82) is 0 Å². The first-order valence-electron chi connectivity index (χ1n) is 17.0. The standard InChI is InChI=1S/C37H41F6N5O3/c1-34(2,3)51-33(49)46-17-13-35(14-18-46)12-7-16-48(23-35)32-25(10-11-29(31(32)37(41,42)43)50-26-8-5-4-6-9-26)20-27(38)28-21-44-22-30(45-28)47-19-15-36(39,40)24-47/h4-6,8-11,20-22H,7,12-19,23-24H2,1-3H3/b27-20-. The number of nitrogens with zero attached hydrogens (tertiary/aromatic N) is 5. The van der Waals surface area contributed by atoms with Crippen LogP contribution in [0.2, 0.25) is 0 Å². The number of aromatic nitrogens is 2. The quantitative estimate of drug-likeness (QED) is 0.236. The van der Waals surface area contributed by atoms with Crippen LogP contribution in [-0.2, 0) is 10.9 Å². The smallest absolute Gasteiger partial charge is 0.422 e. The molecule has 51 heavy (non-hydrogen) atoms. The molecule has 3 saturated heterocycles. The summed E-state index contributed by atoms with van der Waals surface area (Å²) in [5, 5.41) is 0. The molecular weight excluding hydrogens is 676 g/mol. The van der Waals surface area contributed by atoms with Gasteiger partial charge in [-0.3, -0.25) is 4.98 Å². The van der Waals surface area contributed by atoms with Crippen LogP contribution in [0.4, 0.5) is 42.6 Å². The molecule has 0 radical (unpaired) electrons. The Morgan fingerprint density at radius 1 is 0.882 bits per heavy atom. The molecular formula is C37H41F6N5O3. The molecule has 14 heteroatoms. The summed E-state index contributed by atoms with van der Waals surface area (Å²) in [7, 11) is 0. The van der Waals surface area contributed by atoms with E-state index >= 15 is 17.6 Å². The maximum atomic E-state index is 16.1. The fourth-order valence-electron chi connectivity index (χ4n) is 7.08. The Hall–Kier alpha value is -4.49. The second-order valence-corrected chi connectivity index (χ2v) is 14.6. The third-order valence-corrected chi connectivity index (χ3v) is 9.52. The van der Waals surface area contributed by atoms with E-state index in [1.165, 1.54) is 23.2 Å². The van der Waals surface area contributed by atoms with Gasteiger partial charge in [-0.1, -0.05) is 18.2 Å². The average Bonchev–Trinajstić information content (AvgIpc) is 3.44. The molecule has 8 nitrogen and oxygen atoms in total. The van der Waals surface area contributed by atoms with Crippen molar-refractivity contribution in [3.05, 3.63) is 71.7 Å². The number of rotatable bonds is 6. The molecule has 3 fully saturated rings. The minimum absolute atomic E-state index is 0.00464. The maximum Gasteiger partial charge on any atom is 0.422 e. The first kappa shape index (κ1) is 36.3. The van der Waals surface area contributed by atoms with Crippen molar-refractivity contribution in [2.24, 2.45) is 5.41 Å². The van der Waals surface area contributed by atoms with E-state index < -0.39 is 52.9 Å². The number of para-hydroxylation sites is 1. The third-order valence-electron chi connectivity index (χ3n) is 9.52. The number of carbonyl (C=O) groups is 1. The molecule has 2 aromatic carbocycles. The average molecular weight is 718 g/mol. The van der Waals surface area contributed by atoms with Gasteiger partial charge in [-0.2, -0.15) is 13.2 Å². The third kappa shape index (κ3) is 8.53. The number of alkyl halides is 5. The number of hydrogen-bond acceptors (Lipinski definition) is 7. The highest BCUT2D eigenvalue weighted by Gasteiger charge is 2.45. The number of benzene rings is 2. The number of halogens is 6. The minimum Gasteiger partial charge on any atom is -0.457 e. The van der Waals surface area contributed by atoms with Gasteiger partial charge in [0.25, 0.3) is 5.92 Å². The van der Waals surface area contributed by atoms with E-state index in [0.29, 0.717) is 32.4 Å². The predicted octanol–water partition coefficient (Wildman–Crippen LogP) is 9.22. The van der Waals surface area contributed by atoms with Crippen LogP contribution in [0.5, 0.6) is 11.5 Å². The van der Waals surface area contributed by atoms with Gasteiger partial charge in [-0.15, -0.1) is 0 Å². The first-order valence-corrected chi connectivity index (χ1v) is 17.0. The van der Waals surface area contributed by atoms with Gasteiger partial charge in [0.15, 0.2) is 5.83 Å². The van der Waals surface area contributed by atoms with E-state index in [1.807, 2.05) is 0 Å². The summed E-state index contributed by atoms with van der Waals surface area (Å²) in [6.45, 7) is 6.08. The van der Waals surface area contributed by atoms with E-state index in [-0.39, 0.29) is 54.6 Å². The molecule has 0 saturated carbocycles. The highest BCUT2D eigenvalue weighted by Crippen LogP contribution is 2.50. The fraction of sp³-hybridized carbons (Fsp3) is 0.486. The molecule has 0 bridgehead atoms. The Bertz CT molecular complexity index is 1750. The monoisotopic (exact) mass is 717 g/mol. The van der Waals surface area contributed by atoms with E-state index in [1.54, 1.807) is 60.9 Å². The number of carbonyl (C=O) groups excluding carboxylic acids is 1. The Labute approximate surface area is 293 Å². The van der Waals surface area contributed by atoms with Crippen molar-refractivity contribution in [2.75, 3.05) is 49.1 Å². The Morgan fingerprint density at radius 3 is 2.25 bits per heavy atom. The van der Waals surface area contributed by atoms with Gasteiger partial charge in [0.05, 0.1) is 24.6 Å². The summed E-state index contributed by atoms with van der Waals surface area (Å²) in [4.78, 5) is 25.5. The highest BCUT2D eigenvalue weighted by atomic mass is 19.4. The molecule has 0 N–H and O–H groups in total. The van der Waals surface area contributed by atoms with Crippen molar-refractivity contribution in [1.82, 2.24) is 14.9 Å². The van der Waals surface area contributed by atoms with E-state index in [2.05, 4.69) is 9.97 Å². The Balaban J connectivity index is 1.37. The topological polar surface area (TPSA) is 71.0 Å². The highest BCUT2D eigenvalue weighted by molar-refractivity contribution is 5.84. The van der Waals surface area contributed by atoms with E-state index in [0.717, 1.165) is 18.7 Å². The van der Waals surface area contributed by atoms with Crippen molar-refractivity contribution in [2.45, 2.75) is 70.6 Å². The zero-order valence-electron chi connectivity index (χ0n) is 28.8. The summed E-state index contributed by atoms with van der Waals surface area (Å²) < 4.78 is 101. The van der Waals surface area contributed by atoms with Crippen LogP contribution in [0.15, 0.2) is 54.9 Å². The molecule has 1 aromatic heterocycles. The molecule has 3 aromatic rings. The van der Waals surface area contributed by atoms with Crippen molar-refractivity contribution in [3.8, 4) is 11.5 Å². The second-order valence-electron chi connectivity index (χ2n) is 14.6. The molecule has 1 amide bonds. The largest absolute Gasteiger partial charge is 0.457 e. The SMILES string of the molecule is CC(C)(C)OC(=O)N1CCC2(CCCN(c3c(/C=C(\F)c4cncc(N5CCC(F)(F)C5)n4)ccc(Oc4ccccc4)c3C(F)(F)F)C2)CC1. The molecule has 0 atom stereocenters. The lowest BCUT2D eigenvalue weighted by molar-refractivity contribution is -0.138. The summed E-state index contributed by atoms with van der Waals surface area (Å²) in [6, 6.07) is 10.7. The first-order chi connectivity index (χ1) is 24.0. The van der Waals surface area contributed by atoms with Crippen LogP contribution < -0.4 is 14.5 Å². The summed E-state index contributed by atoms with van der Waals surface area (Å²) >= 11 is 0. The van der Waals surface area contributed by atoms with Crippen LogP contribution in [0.25, 0.3) is 11.9 Å². The maximum absolute atomic E-state index is 16.1. The van der Waals surface area contributed by atoms with Crippen LogP contribution >= 0.6 is 0 Å². The van der Waals surface area contributed by atoms with E-state index in [9.17, 15) is 13.6 Å². The molecule has 6 rings (SSSR count). The summed E-state index contributed by atoms with van der Waals surface area (Å²) in [5.41, 5.74) is -2.69. The molecule has 3 aliphatic rings.